The fourth-order valence-corrected chi connectivity index (χ4v) is 3.62. The average molecular weight is 436 g/mol. The highest BCUT2D eigenvalue weighted by Crippen LogP contribution is 2.34. The van der Waals surface area contributed by atoms with E-state index in [0.29, 0.717) is 6.07 Å². The number of halogens is 3. The number of carbonyl (C=O) groups is 1. The third-order valence-electron chi connectivity index (χ3n) is 5.03. The lowest BCUT2D eigenvalue weighted by Crippen LogP contribution is -2.51. The Labute approximate surface area is 174 Å². The Morgan fingerprint density at radius 2 is 1.84 bits per heavy atom. The molecule has 0 radical (unpaired) electrons. The lowest BCUT2D eigenvalue weighted by atomic mass is 10.0. The smallest absolute Gasteiger partial charge is 0.341 e. The number of aliphatic hydroxyl groups is 1. The molecule has 8 nitrogen and oxygen atoms in total. The minimum absolute atomic E-state index is 0. The Morgan fingerprint density at radius 3 is 2.42 bits per heavy atom. The van der Waals surface area contributed by atoms with Crippen LogP contribution in [-0.2, 0) is 0 Å². The SMILES string of the molecule is C.Cc1c(N2CC(O)C2)c(F)cc2c(=O)c(C(=O)O)cn(-c3nc(N)c(F)cc3F)c12. The lowest BCUT2D eigenvalue weighted by molar-refractivity contribution is 0.0695. The Bertz CT molecular complexity index is 1290. The molecule has 0 atom stereocenters. The van der Waals surface area contributed by atoms with Crippen LogP contribution >= 0.6 is 0 Å². The molecule has 3 aromatic rings. The summed E-state index contributed by atoms with van der Waals surface area (Å²) in [4.78, 5) is 29.4. The highest BCUT2D eigenvalue weighted by Gasteiger charge is 2.30. The fraction of sp³-hybridized carbons (Fsp3) is 0.250. The van der Waals surface area contributed by atoms with E-state index in [0.717, 1.165) is 16.8 Å². The zero-order valence-electron chi connectivity index (χ0n) is 15.5. The van der Waals surface area contributed by atoms with Gasteiger partial charge in [0.25, 0.3) is 0 Å². The van der Waals surface area contributed by atoms with Gasteiger partial charge in [-0.25, -0.2) is 22.9 Å². The van der Waals surface area contributed by atoms with Crippen molar-refractivity contribution in [2.24, 2.45) is 0 Å². The van der Waals surface area contributed by atoms with Crippen LogP contribution in [0.2, 0.25) is 0 Å². The summed E-state index contributed by atoms with van der Waals surface area (Å²) in [6, 6.07) is 1.34. The van der Waals surface area contributed by atoms with Crippen molar-refractivity contribution < 1.29 is 28.2 Å². The van der Waals surface area contributed by atoms with Crippen molar-refractivity contribution in [2.75, 3.05) is 23.7 Å². The van der Waals surface area contributed by atoms with Crippen LogP contribution in [0, 0.1) is 24.4 Å². The highest BCUT2D eigenvalue weighted by atomic mass is 19.1. The second kappa shape index (κ2) is 7.58. The average Bonchev–Trinajstić information content (AvgIpc) is 2.64. The number of carboxylic acid groups (broad SMARTS) is 1. The van der Waals surface area contributed by atoms with Gasteiger partial charge in [-0.05, 0) is 13.0 Å². The normalized spacial score (nSPS) is 13.8. The molecular weight excluding hydrogens is 417 g/mol. The number of aromatic nitrogens is 2. The summed E-state index contributed by atoms with van der Waals surface area (Å²) in [5, 5.41) is 18.6. The van der Waals surface area contributed by atoms with Gasteiger partial charge in [0, 0.05) is 30.9 Å². The number of fused-ring (bicyclic) bond motifs is 1. The molecule has 4 N–H and O–H groups in total. The van der Waals surface area contributed by atoms with Crippen LogP contribution in [0.3, 0.4) is 0 Å². The molecule has 1 saturated heterocycles. The molecule has 0 bridgehead atoms. The number of anilines is 2. The molecule has 164 valence electrons. The fourth-order valence-electron chi connectivity index (χ4n) is 3.62. The third-order valence-corrected chi connectivity index (χ3v) is 5.03. The van der Waals surface area contributed by atoms with Gasteiger partial charge < -0.3 is 20.8 Å². The standard InChI is InChI=1S/C19H15F3N4O4.CH4/c1-7-14-9(2-11(20)15(7)25-4-8(27)5-25)16(28)10(19(29)30)6-26(14)18-13(22)3-12(21)17(23)24-18;/h2-3,6,8,27H,4-5H2,1H3,(H2,23,24)(H,29,30);1H4. The van der Waals surface area contributed by atoms with Crippen molar-refractivity contribution in [1.82, 2.24) is 9.55 Å². The second-order valence-corrected chi connectivity index (χ2v) is 6.99. The summed E-state index contributed by atoms with van der Waals surface area (Å²) in [6.45, 7) is 1.76. The summed E-state index contributed by atoms with van der Waals surface area (Å²) in [5.41, 5.74) is 3.97. The number of aliphatic hydroxyl groups excluding tert-OH is 1. The van der Waals surface area contributed by atoms with E-state index in [1.807, 2.05) is 0 Å². The van der Waals surface area contributed by atoms with Gasteiger partial charge in [-0.3, -0.25) is 9.36 Å². The topological polar surface area (TPSA) is 122 Å². The van der Waals surface area contributed by atoms with E-state index in [1.165, 1.54) is 11.8 Å². The van der Waals surface area contributed by atoms with Crippen molar-refractivity contribution in [2.45, 2.75) is 20.5 Å². The van der Waals surface area contributed by atoms with Crippen molar-refractivity contribution in [3.63, 3.8) is 0 Å². The number of nitrogens with zero attached hydrogens (tertiary/aromatic N) is 3. The summed E-state index contributed by atoms with van der Waals surface area (Å²) in [7, 11) is 0. The van der Waals surface area contributed by atoms with E-state index in [4.69, 9.17) is 5.73 Å². The van der Waals surface area contributed by atoms with E-state index >= 15 is 0 Å². The maximum atomic E-state index is 14.8. The van der Waals surface area contributed by atoms with Crippen LogP contribution in [0.1, 0.15) is 23.3 Å². The molecule has 4 rings (SSSR count). The second-order valence-electron chi connectivity index (χ2n) is 6.99. The first-order valence-corrected chi connectivity index (χ1v) is 8.76. The minimum Gasteiger partial charge on any atom is -0.477 e. The van der Waals surface area contributed by atoms with E-state index in [-0.39, 0.29) is 42.7 Å². The van der Waals surface area contributed by atoms with Crippen molar-refractivity contribution in [3.8, 4) is 5.82 Å². The van der Waals surface area contributed by atoms with E-state index < -0.39 is 52.2 Å². The molecule has 0 amide bonds. The van der Waals surface area contributed by atoms with E-state index in [1.54, 1.807) is 0 Å². The maximum absolute atomic E-state index is 14.8. The number of hydrogen-bond donors (Lipinski definition) is 3. The molecule has 1 aliphatic rings. The summed E-state index contributed by atoms with van der Waals surface area (Å²) < 4.78 is 43.9. The number of nitrogens with two attached hydrogens (primary N) is 1. The number of pyridine rings is 2. The molecule has 1 aromatic carbocycles. The number of carboxylic acids is 1. The molecule has 11 heteroatoms. The molecule has 1 fully saturated rings. The highest BCUT2D eigenvalue weighted by molar-refractivity contribution is 5.96. The number of aryl methyl sites for hydroxylation is 1. The van der Waals surface area contributed by atoms with E-state index in [9.17, 15) is 33.0 Å². The van der Waals surface area contributed by atoms with Crippen molar-refractivity contribution in [3.05, 3.63) is 57.1 Å². The van der Waals surface area contributed by atoms with Gasteiger partial charge in [-0.2, -0.15) is 0 Å². The predicted molar refractivity (Wildman–Crippen MR) is 108 cm³/mol. The molecule has 0 spiro atoms. The van der Waals surface area contributed by atoms with Crippen molar-refractivity contribution >= 4 is 28.4 Å². The number of aromatic carboxylic acids is 1. The Kier molecular flexibility index (Phi) is 5.40. The molecule has 1 aliphatic heterocycles. The molecule has 2 aromatic heterocycles. The van der Waals surface area contributed by atoms with Gasteiger partial charge in [-0.15, -0.1) is 0 Å². The Balaban J connectivity index is 0.00000272. The number of β-amino-alcohol motifs (C(OH)–C–C–N with tert-alkyl or cyclic N) is 1. The largest absolute Gasteiger partial charge is 0.477 e. The first kappa shape index (κ1) is 22.1. The number of nitrogen functional groups attached to an aromatic ring is 1. The molecule has 31 heavy (non-hydrogen) atoms. The predicted octanol–water partition coefficient (Wildman–Crippen LogP) is 2.21. The van der Waals surface area contributed by atoms with E-state index in [2.05, 4.69) is 4.98 Å². The van der Waals surface area contributed by atoms with Gasteiger partial charge in [0.05, 0.1) is 22.7 Å². The Hall–Kier alpha value is -3.60. The molecule has 0 saturated carbocycles. The molecule has 0 unspecified atom stereocenters. The van der Waals surface area contributed by atoms with Gasteiger partial charge in [0.1, 0.15) is 11.4 Å². The summed E-state index contributed by atoms with van der Waals surface area (Å²) >= 11 is 0. The lowest BCUT2D eigenvalue weighted by Gasteiger charge is -2.39. The van der Waals surface area contributed by atoms with Crippen molar-refractivity contribution in [1.29, 1.82) is 0 Å². The van der Waals surface area contributed by atoms with Crippen LogP contribution in [0.25, 0.3) is 16.7 Å². The maximum Gasteiger partial charge on any atom is 0.341 e. The van der Waals surface area contributed by atoms with Crippen LogP contribution < -0.4 is 16.1 Å². The number of benzene rings is 1. The zero-order valence-corrected chi connectivity index (χ0v) is 15.5. The molecule has 3 heterocycles. The number of hydrogen-bond acceptors (Lipinski definition) is 6. The molecular formula is C20H19F3N4O4. The van der Waals surface area contributed by atoms with Gasteiger partial charge in [0.15, 0.2) is 23.3 Å². The first-order chi connectivity index (χ1) is 14.1. The van der Waals surface area contributed by atoms with Gasteiger partial charge in [0.2, 0.25) is 5.43 Å². The van der Waals surface area contributed by atoms with Crippen LogP contribution in [0.5, 0.6) is 0 Å². The Morgan fingerprint density at radius 1 is 1.19 bits per heavy atom. The monoisotopic (exact) mass is 436 g/mol. The summed E-state index contributed by atoms with van der Waals surface area (Å²) in [6.07, 6.45) is 0.196. The third kappa shape index (κ3) is 3.36. The van der Waals surface area contributed by atoms with Gasteiger partial charge in [-0.1, -0.05) is 7.43 Å². The van der Waals surface area contributed by atoms with Crippen LogP contribution in [-0.4, -0.2) is 44.9 Å². The number of rotatable bonds is 3. The van der Waals surface area contributed by atoms with Crippen LogP contribution in [0.15, 0.2) is 23.1 Å². The first-order valence-electron chi connectivity index (χ1n) is 8.76. The quantitative estimate of drug-likeness (QED) is 0.576. The van der Waals surface area contributed by atoms with Crippen LogP contribution in [0.4, 0.5) is 24.7 Å². The zero-order chi connectivity index (χ0) is 21.9. The van der Waals surface area contributed by atoms with Gasteiger partial charge >= 0.3 is 5.97 Å². The minimum atomic E-state index is -1.61. The molecule has 0 aliphatic carbocycles. The summed E-state index contributed by atoms with van der Waals surface area (Å²) in [5.74, 6) is -5.87.